The van der Waals surface area contributed by atoms with Gasteiger partial charge < -0.3 is 9.47 Å². The van der Waals surface area contributed by atoms with E-state index in [1.54, 1.807) is 42.5 Å². The average molecular weight is 496 g/mol. The first-order valence-corrected chi connectivity index (χ1v) is 12.4. The quantitative estimate of drug-likeness (QED) is 0.325. The lowest BCUT2D eigenvalue weighted by Gasteiger charge is -2.21. The fraction of sp³-hybridized carbons (Fsp3) is 0.231. The van der Waals surface area contributed by atoms with Gasteiger partial charge in [-0.25, -0.2) is 13.8 Å². The van der Waals surface area contributed by atoms with Gasteiger partial charge in [0.25, 0.3) is 5.91 Å². The first kappa shape index (κ1) is 25.9. The van der Waals surface area contributed by atoms with Crippen molar-refractivity contribution in [3.05, 3.63) is 89.5 Å². The summed E-state index contributed by atoms with van der Waals surface area (Å²) in [5, 5.41) is 3.98. The number of aryl methyl sites for hydroxylation is 1. The number of benzene rings is 3. The molecule has 0 radical (unpaired) electrons. The van der Waals surface area contributed by atoms with E-state index in [0.717, 1.165) is 11.1 Å². The van der Waals surface area contributed by atoms with Crippen molar-refractivity contribution in [2.24, 2.45) is 5.10 Å². The molecule has 0 saturated carbocycles. The molecule has 1 amide bonds. The molecule has 184 valence electrons. The van der Waals surface area contributed by atoms with Gasteiger partial charge in [0.15, 0.2) is 11.5 Å². The molecule has 35 heavy (non-hydrogen) atoms. The van der Waals surface area contributed by atoms with Gasteiger partial charge >= 0.3 is 0 Å². The predicted molar refractivity (Wildman–Crippen MR) is 135 cm³/mol. The Bertz CT molecular complexity index is 1260. The number of nitrogens with one attached hydrogen (secondary N) is 1. The zero-order valence-electron chi connectivity index (χ0n) is 20.0. The Balaban J connectivity index is 1.76. The standard InChI is InChI=1S/C26H29N3O5S/c1-20-12-14-23(15-13-20)35(31,32)29(17-16-21-8-5-4-6-9-21)19-25(30)28-27-18-22-10-7-11-24(33-2)26(22)34-3/h4-15,18H,16-17,19H2,1-3H3,(H,28,30)/b27-18-. The number of sulfonamides is 1. The van der Waals surface area contributed by atoms with Crippen molar-refractivity contribution >= 4 is 22.1 Å². The van der Waals surface area contributed by atoms with E-state index in [9.17, 15) is 13.2 Å². The highest BCUT2D eigenvalue weighted by atomic mass is 32.2. The molecule has 0 spiro atoms. The third kappa shape index (κ3) is 6.91. The van der Waals surface area contributed by atoms with Gasteiger partial charge in [-0.15, -0.1) is 0 Å². The highest BCUT2D eigenvalue weighted by Gasteiger charge is 2.26. The van der Waals surface area contributed by atoms with Gasteiger partial charge in [-0.05, 0) is 43.2 Å². The molecule has 3 rings (SSSR count). The molecule has 0 atom stereocenters. The zero-order valence-corrected chi connectivity index (χ0v) is 20.8. The maximum absolute atomic E-state index is 13.3. The van der Waals surface area contributed by atoms with Gasteiger partial charge in [0.2, 0.25) is 10.0 Å². The molecule has 3 aromatic rings. The Morgan fingerprint density at radius 2 is 1.69 bits per heavy atom. The number of para-hydroxylation sites is 1. The van der Waals surface area contributed by atoms with E-state index in [2.05, 4.69) is 10.5 Å². The molecule has 0 saturated heterocycles. The third-order valence-corrected chi connectivity index (χ3v) is 7.16. The van der Waals surface area contributed by atoms with Crippen molar-refractivity contribution < 1.29 is 22.7 Å². The highest BCUT2D eigenvalue weighted by Crippen LogP contribution is 2.29. The predicted octanol–water partition coefficient (Wildman–Crippen LogP) is 3.40. The second kappa shape index (κ2) is 12.1. The molecular weight excluding hydrogens is 466 g/mol. The lowest BCUT2D eigenvalue weighted by molar-refractivity contribution is -0.121. The van der Waals surface area contributed by atoms with Crippen LogP contribution >= 0.6 is 0 Å². The van der Waals surface area contributed by atoms with Gasteiger partial charge in [0.05, 0.1) is 31.9 Å². The molecule has 1 N–H and O–H groups in total. The van der Waals surface area contributed by atoms with Crippen molar-refractivity contribution in [3.8, 4) is 11.5 Å². The number of ether oxygens (including phenoxy) is 2. The summed E-state index contributed by atoms with van der Waals surface area (Å²) in [6.07, 6.45) is 1.88. The number of carbonyl (C=O) groups excluding carboxylic acids is 1. The van der Waals surface area contributed by atoms with E-state index in [4.69, 9.17) is 9.47 Å². The number of rotatable bonds is 11. The smallest absolute Gasteiger partial charge is 0.255 e. The number of hydrogen-bond donors (Lipinski definition) is 1. The minimum atomic E-state index is -3.90. The normalized spacial score (nSPS) is 11.5. The van der Waals surface area contributed by atoms with Crippen molar-refractivity contribution in [2.45, 2.75) is 18.2 Å². The minimum absolute atomic E-state index is 0.133. The van der Waals surface area contributed by atoms with Crippen molar-refractivity contribution in [2.75, 3.05) is 27.3 Å². The minimum Gasteiger partial charge on any atom is -0.493 e. The van der Waals surface area contributed by atoms with Crippen LogP contribution in [0.3, 0.4) is 0 Å². The molecular formula is C26H29N3O5S. The second-order valence-corrected chi connectivity index (χ2v) is 9.70. The molecule has 9 heteroatoms. The van der Waals surface area contributed by atoms with Crippen molar-refractivity contribution in [1.29, 1.82) is 0 Å². The van der Waals surface area contributed by atoms with E-state index in [1.165, 1.54) is 24.7 Å². The fourth-order valence-corrected chi connectivity index (χ4v) is 4.82. The topological polar surface area (TPSA) is 97.3 Å². The van der Waals surface area contributed by atoms with Crippen LogP contribution in [0.25, 0.3) is 0 Å². The number of methoxy groups -OCH3 is 2. The zero-order chi connectivity index (χ0) is 25.3. The Morgan fingerprint density at radius 1 is 0.971 bits per heavy atom. The Kier molecular flexibility index (Phi) is 8.99. The summed E-state index contributed by atoms with van der Waals surface area (Å²) in [5.41, 5.74) is 4.92. The Morgan fingerprint density at radius 3 is 2.34 bits per heavy atom. The summed E-state index contributed by atoms with van der Waals surface area (Å²) in [6, 6.07) is 21.3. The largest absolute Gasteiger partial charge is 0.493 e. The van der Waals surface area contributed by atoms with Gasteiger partial charge in [0.1, 0.15) is 0 Å². The van der Waals surface area contributed by atoms with Crippen molar-refractivity contribution in [1.82, 2.24) is 9.73 Å². The summed E-state index contributed by atoms with van der Waals surface area (Å²) >= 11 is 0. The van der Waals surface area contributed by atoms with Crippen LogP contribution in [0.2, 0.25) is 0 Å². The van der Waals surface area contributed by atoms with Crippen LogP contribution in [0.4, 0.5) is 0 Å². The summed E-state index contributed by atoms with van der Waals surface area (Å²) in [4.78, 5) is 12.8. The number of hydrogen-bond acceptors (Lipinski definition) is 6. The molecule has 0 heterocycles. The van der Waals surface area contributed by atoms with Gasteiger partial charge in [0, 0.05) is 12.1 Å². The van der Waals surface area contributed by atoms with Crippen LogP contribution in [0, 0.1) is 6.92 Å². The lowest BCUT2D eigenvalue weighted by Crippen LogP contribution is -2.40. The van der Waals surface area contributed by atoms with Crippen LogP contribution in [0.1, 0.15) is 16.7 Å². The van der Waals surface area contributed by atoms with Crippen LogP contribution in [0.15, 0.2) is 82.8 Å². The molecule has 0 aliphatic carbocycles. The molecule has 0 fully saturated rings. The van der Waals surface area contributed by atoms with E-state index >= 15 is 0 Å². The number of carbonyl (C=O) groups is 1. The lowest BCUT2D eigenvalue weighted by atomic mass is 10.1. The number of nitrogens with zero attached hydrogens (tertiary/aromatic N) is 2. The van der Waals surface area contributed by atoms with Crippen LogP contribution in [-0.2, 0) is 21.2 Å². The molecule has 0 unspecified atom stereocenters. The summed E-state index contributed by atoms with van der Waals surface area (Å²) in [7, 11) is -0.861. The number of amides is 1. The first-order chi connectivity index (χ1) is 16.8. The van der Waals surface area contributed by atoms with Crippen molar-refractivity contribution in [3.63, 3.8) is 0 Å². The molecule has 3 aromatic carbocycles. The van der Waals surface area contributed by atoms with Crippen LogP contribution in [0.5, 0.6) is 11.5 Å². The molecule has 8 nitrogen and oxygen atoms in total. The maximum Gasteiger partial charge on any atom is 0.255 e. The average Bonchev–Trinajstić information content (AvgIpc) is 2.87. The highest BCUT2D eigenvalue weighted by molar-refractivity contribution is 7.89. The maximum atomic E-state index is 13.3. The summed E-state index contributed by atoms with van der Waals surface area (Å²) in [6.45, 7) is 1.64. The number of hydrazone groups is 1. The summed E-state index contributed by atoms with van der Waals surface area (Å²) in [5.74, 6) is 0.436. The fourth-order valence-electron chi connectivity index (χ4n) is 3.42. The third-order valence-electron chi connectivity index (χ3n) is 5.30. The Hall–Kier alpha value is -3.69. The summed E-state index contributed by atoms with van der Waals surface area (Å²) < 4.78 is 38.4. The van der Waals surface area contributed by atoms with E-state index in [-0.39, 0.29) is 18.0 Å². The monoisotopic (exact) mass is 495 g/mol. The Labute approximate surface area is 206 Å². The van der Waals surface area contributed by atoms with Gasteiger partial charge in [-0.2, -0.15) is 9.41 Å². The van der Waals surface area contributed by atoms with Crippen LogP contribution < -0.4 is 14.9 Å². The van der Waals surface area contributed by atoms with Gasteiger partial charge in [-0.1, -0.05) is 54.1 Å². The molecule has 0 aliphatic rings. The molecule has 0 aliphatic heterocycles. The van der Waals surface area contributed by atoms with E-state index in [1.807, 2.05) is 37.3 Å². The SMILES string of the molecule is COc1cccc(/C=N\NC(=O)CN(CCc2ccccc2)S(=O)(=O)c2ccc(C)cc2)c1OC. The van der Waals surface area contributed by atoms with Crippen LogP contribution in [-0.4, -0.2) is 52.2 Å². The molecule has 0 aromatic heterocycles. The second-order valence-electron chi connectivity index (χ2n) is 7.76. The molecule has 0 bridgehead atoms. The van der Waals surface area contributed by atoms with E-state index < -0.39 is 15.9 Å². The van der Waals surface area contributed by atoms with Gasteiger partial charge in [-0.3, -0.25) is 4.79 Å². The van der Waals surface area contributed by atoms with E-state index in [0.29, 0.717) is 23.5 Å². The first-order valence-electron chi connectivity index (χ1n) is 11.0.